The van der Waals surface area contributed by atoms with Crippen LogP contribution in [0.3, 0.4) is 0 Å². The normalized spacial score (nSPS) is 19.0. The van der Waals surface area contributed by atoms with Crippen LogP contribution in [0.2, 0.25) is 5.02 Å². The van der Waals surface area contributed by atoms with Crippen molar-refractivity contribution in [1.29, 1.82) is 0 Å². The average Bonchev–Trinajstić information content (AvgIpc) is 2.73. The number of halogens is 1. The van der Waals surface area contributed by atoms with E-state index in [0.29, 0.717) is 28.6 Å². The third kappa shape index (κ3) is 4.46. The number of piperidine rings is 1. The number of amides is 2. The molecule has 1 fully saturated rings. The molecule has 5 nitrogen and oxygen atoms in total. The SMILES string of the molecule is O=C(C=Cc1ccccc1Cl)Nc1ccc2c(c1)C(=O)N1CCCCC1CCO2. The van der Waals surface area contributed by atoms with E-state index < -0.39 is 0 Å². The Hall–Kier alpha value is -2.79. The molecular formula is C23H23ClN2O3. The van der Waals surface area contributed by atoms with Gasteiger partial charge in [0.25, 0.3) is 5.91 Å². The Bertz CT molecular complexity index is 957. The van der Waals surface area contributed by atoms with Crippen molar-refractivity contribution in [2.45, 2.75) is 31.7 Å². The zero-order chi connectivity index (χ0) is 20.2. The standard InChI is InChI=1S/C23H23ClN2O3/c24-20-7-2-1-5-16(20)8-11-22(27)25-17-9-10-21-19(15-17)23(28)26-13-4-3-6-18(26)12-14-29-21/h1-2,5,7-11,15,18H,3-4,6,12-14H2,(H,25,27). The number of fused-ring (bicyclic) bond motifs is 2. The first-order valence-corrected chi connectivity index (χ1v) is 10.3. The Balaban J connectivity index is 1.52. The monoisotopic (exact) mass is 410 g/mol. The van der Waals surface area contributed by atoms with E-state index in [2.05, 4.69) is 5.32 Å². The molecule has 1 unspecified atom stereocenters. The fourth-order valence-corrected chi connectivity index (χ4v) is 4.09. The van der Waals surface area contributed by atoms with Crippen LogP contribution in [0.5, 0.6) is 5.75 Å². The summed E-state index contributed by atoms with van der Waals surface area (Å²) in [6, 6.07) is 12.8. The van der Waals surface area contributed by atoms with E-state index in [1.165, 1.54) is 6.08 Å². The second-order valence-electron chi connectivity index (χ2n) is 7.34. The maximum Gasteiger partial charge on any atom is 0.257 e. The number of hydrogen-bond donors (Lipinski definition) is 1. The number of benzene rings is 2. The van der Waals surface area contributed by atoms with E-state index >= 15 is 0 Å². The second-order valence-corrected chi connectivity index (χ2v) is 7.75. The van der Waals surface area contributed by atoms with E-state index in [4.69, 9.17) is 16.3 Å². The minimum Gasteiger partial charge on any atom is -0.493 e. The third-order valence-electron chi connectivity index (χ3n) is 5.39. The molecule has 2 aliphatic heterocycles. The minimum absolute atomic E-state index is 0.0212. The quantitative estimate of drug-likeness (QED) is 0.741. The molecule has 6 heteroatoms. The molecule has 0 aliphatic carbocycles. The number of anilines is 1. The summed E-state index contributed by atoms with van der Waals surface area (Å²) in [6.45, 7) is 1.37. The number of nitrogens with zero attached hydrogens (tertiary/aromatic N) is 1. The van der Waals surface area contributed by atoms with Crippen molar-refractivity contribution in [3.8, 4) is 5.75 Å². The predicted molar refractivity (Wildman–Crippen MR) is 114 cm³/mol. The highest BCUT2D eigenvalue weighted by molar-refractivity contribution is 6.32. The Labute approximate surface area is 175 Å². The van der Waals surface area contributed by atoms with Crippen LogP contribution in [0, 0.1) is 0 Å². The van der Waals surface area contributed by atoms with Gasteiger partial charge in [0.05, 0.1) is 12.2 Å². The van der Waals surface area contributed by atoms with Gasteiger partial charge in [-0.25, -0.2) is 0 Å². The smallest absolute Gasteiger partial charge is 0.257 e. The summed E-state index contributed by atoms with van der Waals surface area (Å²) in [6.07, 6.45) is 7.15. The maximum absolute atomic E-state index is 13.1. The summed E-state index contributed by atoms with van der Waals surface area (Å²) in [5, 5.41) is 3.40. The molecular weight excluding hydrogens is 388 g/mol. The lowest BCUT2D eigenvalue weighted by molar-refractivity contribution is -0.111. The molecule has 0 saturated carbocycles. The molecule has 0 aromatic heterocycles. The lowest BCUT2D eigenvalue weighted by atomic mass is 9.97. The van der Waals surface area contributed by atoms with Crippen molar-refractivity contribution in [3.05, 3.63) is 64.7 Å². The zero-order valence-electron chi connectivity index (χ0n) is 16.1. The van der Waals surface area contributed by atoms with Gasteiger partial charge < -0.3 is 15.0 Å². The molecule has 0 spiro atoms. The molecule has 2 heterocycles. The number of ether oxygens (including phenoxy) is 1. The average molecular weight is 411 g/mol. The van der Waals surface area contributed by atoms with Crippen molar-refractivity contribution in [1.82, 2.24) is 4.90 Å². The first-order chi connectivity index (χ1) is 14.1. The third-order valence-corrected chi connectivity index (χ3v) is 5.74. The molecule has 1 atom stereocenters. The first kappa shape index (κ1) is 19.5. The number of nitrogens with one attached hydrogen (secondary N) is 1. The summed E-state index contributed by atoms with van der Waals surface area (Å²) >= 11 is 6.11. The number of hydrogen-bond acceptors (Lipinski definition) is 3. The molecule has 0 radical (unpaired) electrons. The van der Waals surface area contributed by atoms with Crippen molar-refractivity contribution < 1.29 is 14.3 Å². The molecule has 2 amide bonds. The van der Waals surface area contributed by atoms with Gasteiger partial charge in [-0.1, -0.05) is 29.8 Å². The van der Waals surface area contributed by atoms with Gasteiger partial charge in [-0.3, -0.25) is 9.59 Å². The van der Waals surface area contributed by atoms with Crippen molar-refractivity contribution >= 4 is 35.2 Å². The van der Waals surface area contributed by atoms with Crippen LogP contribution < -0.4 is 10.1 Å². The number of carbonyl (C=O) groups is 2. The lowest BCUT2D eigenvalue weighted by Crippen LogP contribution is -2.45. The predicted octanol–water partition coefficient (Wildman–Crippen LogP) is 4.77. The highest BCUT2D eigenvalue weighted by Gasteiger charge is 2.31. The Morgan fingerprint density at radius 2 is 2.03 bits per heavy atom. The van der Waals surface area contributed by atoms with Crippen molar-refractivity contribution in [2.24, 2.45) is 0 Å². The number of rotatable bonds is 3. The summed E-state index contributed by atoms with van der Waals surface area (Å²) in [5.41, 5.74) is 1.83. The molecule has 150 valence electrons. The van der Waals surface area contributed by atoms with Gasteiger partial charge >= 0.3 is 0 Å². The fraction of sp³-hybridized carbons (Fsp3) is 0.304. The van der Waals surface area contributed by atoms with Gasteiger partial charge in [-0.05, 0) is 55.2 Å². The van der Waals surface area contributed by atoms with Crippen LogP contribution in [0.25, 0.3) is 6.08 Å². The zero-order valence-corrected chi connectivity index (χ0v) is 16.8. The van der Waals surface area contributed by atoms with Crippen LogP contribution in [-0.2, 0) is 4.79 Å². The van der Waals surface area contributed by atoms with Crippen LogP contribution >= 0.6 is 11.6 Å². The van der Waals surface area contributed by atoms with Gasteiger partial charge in [0.1, 0.15) is 5.75 Å². The molecule has 2 aromatic carbocycles. The highest BCUT2D eigenvalue weighted by Crippen LogP contribution is 2.31. The van der Waals surface area contributed by atoms with Gasteiger partial charge in [0.15, 0.2) is 0 Å². The lowest BCUT2D eigenvalue weighted by Gasteiger charge is -2.37. The largest absolute Gasteiger partial charge is 0.493 e. The topological polar surface area (TPSA) is 58.6 Å². The van der Waals surface area contributed by atoms with Gasteiger partial charge in [-0.2, -0.15) is 0 Å². The van der Waals surface area contributed by atoms with Gasteiger partial charge in [-0.15, -0.1) is 0 Å². The molecule has 4 rings (SSSR count). The molecule has 2 aromatic rings. The highest BCUT2D eigenvalue weighted by atomic mass is 35.5. The molecule has 29 heavy (non-hydrogen) atoms. The fourth-order valence-electron chi connectivity index (χ4n) is 3.89. The van der Waals surface area contributed by atoms with Crippen LogP contribution in [0.1, 0.15) is 41.6 Å². The molecule has 0 bridgehead atoms. The summed E-state index contributed by atoms with van der Waals surface area (Å²) in [4.78, 5) is 27.4. The summed E-state index contributed by atoms with van der Waals surface area (Å²) in [7, 11) is 0. The van der Waals surface area contributed by atoms with E-state index in [-0.39, 0.29) is 17.9 Å². The first-order valence-electron chi connectivity index (χ1n) is 9.93. The Morgan fingerprint density at radius 3 is 2.90 bits per heavy atom. The molecule has 1 saturated heterocycles. The Kier molecular flexibility index (Phi) is 5.86. The van der Waals surface area contributed by atoms with Crippen LogP contribution in [-0.4, -0.2) is 35.9 Å². The Morgan fingerprint density at radius 1 is 1.17 bits per heavy atom. The van der Waals surface area contributed by atoms with E-state index in [1.807, 2.05) is 23.1 Å². The number of carbonyl (C=O) groups excluding carboxylic acids is 2. The van der Waals surface area contributed by atoms with Crippen LogP contribution in [0.4, 0.5) is 5.69 Å². The van der Waals surface area contributed by atoms with E-state index in [9.17, 15) is 9.59 Å². The van der Waals surface area contributed by atoms with E-state index in [0.717, 1.165) is 37.8 Å². The maximum atomic E-state index is 13.1. The van der Waals surface area contributed by atoms with Gasteiger partial charge in [0, 0.05) is 35.8 Å². The minimum atomic E-state index is -0.292. The molecule has 2 aliphatic rings. The van der Waals surface area contributed by atoms with Crippen molar-refractivity contribution in [3.63, 3.8) is 0 Å². The van der Waals surface area contributed by atoms with Crippen molar-refractivity contribution in [2.75, 3.05) is 18.5 Å². The van der Waals surface area contributed by atoms with Crippen LogP contribution in [0.15, 0.2) is 48.5 Å². The summed E-state index contributed by atoms with van der Waals surface area (Å²) < 4.78 is 5.84. The molecule has 1 N–H and O–H groups in total. The van der Waals surface area contributed by atoms with Gasteiger partial charge in [0.2, 0.25) is 5.91 Å². The summed E-state index contributed by atoms with van der Waals surface area (Å²) in [5.74, 6) is 0.260. The second kappa shape index (κ2) is 8.70. The van der Waals surface area contributed by atoms with E-state index in [1.54, 1.807) is 30.3 Å².